The summed E-state index contributed by atoms with van der Waals surface area (Å²) in [6.45, 7) is 8.03. The Morgan fingerprint density at radius 2 is 2.00 bits per heavy atom. The summed E-state index contributed by atoms with van der Waals surface area (Å²) in [5, 5.41) is 2.44. The number of carbonyl (C=O) groups is 1. The molecule has 0 unspecified atom stereocenters. The van der Waals surface area contributed by atoms with Crippen molar-refractivity contribution in [3.05, 3.63) is 21.8 Å². The van der Waals surface area contributed by atoms with Crippen molar-refractivity contribution in [1.29, 1.82) is 0 Å². The van der Waals surface area contributed by atoms with E-state index in [0.717, 1.165) is 0 Å². The molecule has 0 aromatic carbocycles. The van der Waals surface area contributed by atoms with Crippen molar-refractivity contribution in [2.75, 3.05) is 5.75 Å². The molecule has 0 saturated heterocycles. The fourth-order valence-corrected chi connectivity index (χ4v) is 4.12. The highest BCUT2D eigenvalue weighted by atomic mass is 32.2. The molecule has 2 rings (SSSR count). The molecule has 0 aliphatic rings. The maximum absolute atomic E-state index is 12.4. The molecule has 22 heavy (non-hydrogen) atoms. The van der Waals surface area contributed by atoms with E-state index in [1.807, 2.05) is 44.0 Å². The Morgan fingerprint density at radius 3 is 2.59 bits per heavy atom. The molecular formula is C15H21N3O2S2. The summed E-state index contributed by atoms with van der Waals surface area (Å²) in [5.74, 6) is 0.349. The van der Waals surface area contributed by atoms with Crippen LogP contribution in [0.1, 0.15) is 27.7 Å². The first-order chi connectivity index (χ1) is 10.3. The molecule has 0 fully saturated rings. The first-order valence-corrected chi connectivity index (χ1v) is 9.07. The zero-order valence-electron chi connectivity index (χ0n) is 13.5. The largest absolute Gasteiger partial charge is 0.337 e. The minimum Gasteiger partial charge on any atom is -0.337 e. The third-order valence-electron chi connectivity index (χ3n) is 3.37. The first kappa shape index (κ1) is 17.0. The second-order valence-electron chi connectivity index (χ2n) is 5.67. The van der Waals surface area contributed by atoms with E-state index in [2.05, 4.69) is 4.98 Å². The Bertz CT molecular complexity index is 726. The number of nitrogens with zero attached hydrogens (tertiary/aromatic N) is 3. The second kappa shape index (κ2) is 6.83. The van der Waals surface area contributed by atoms with Crippen molar-refractivity contribution in [2.45, 2.75) is 44.9 Å². The lowest BCUT2D eigenvalue weighted by molar-refractivity contribution is -0.131. The zero-order valence-corrected chi connectivity index (χ0v) is 15.1. The maximum atomic E-state index is 12.4. The van der Waals surface area contributed by atoms with Gasteiger partial charge >= 0.3 is 0 Å². The fraction of sp³-hybridized carbons (Fsp3) is 0.533. The van der Waals surface area contributed by atoms with E-state index >= 15 is 0 Å². The SMILES string of the molecule is CC(C)N(C(=O)CSc1nc2ccsc2c(=O)n1C)C(C)C. The highest BCUT2D eigenvalue weighted by Crippen LogP contribution is 2.21. The van der Waals surface area contributed by atoms with Crippen LogP contribution in [0.3, 0.4) is 0 Å². The molecule has 2 aromatic rings. The van der Waals surface area contributed by atoms with Crippen molar-refractivity contribution in [3.8, 4) is 0 Å². The number of thioether (sulfide) groups is 1. The minimum absolute atomic E-state index is 0.0560. The molecule has 0 aliphatic carbocycles. The molecule has 0 spiro atoms. The normalized spacial score (nSPS) is 11.6. The van der Waals surface area contributed by atoms with E-state index in [1.54, 1.807) is 7.05 Å². The summed E-state index contributed by atoms with van der Waals surface area (Å²) in [6, 6.07) is 2.15. The maximum Gasteiger partial charge on any atom is 0.271 e. The molecule has 7 heteroatoms. The average Bonchev–Trinajstić information content (AvgIpc) is 2.88. The summed E-state index contributed by atoms with van der Waals surface area (Å²) in [6.07, 6.45) is 0. The van der Waals surface area contributed by atoms with Crippen molar-refractivity contribution in [1.82, 2.24) is 14.5 Å². The van der Waals surface area contributed by atoms with Gasteiger partial charge in [0.15, 0.2) is 5.16 Å². The lowest BCUT2D eigenvalue weighted by Gasteiger charge is -2.30. The van der Waals surface area contributed by atoms with E-state index in [-0.39, 0.29) is 29.3 Å². The third-order valence-corrected chi connectivity index (χ3v) is 5.28. The van der Waals surface area contributed by atoms with Gasteiger partial charge in [0.25, 0.3) is 5.56 Å². The molecule has 0 bridgehead atoms. The summed E-state index contributed by atoms with van der Waals surface area (Å²) in [4.78, 5) is 31.0. The van der Waals surface area contributed by atoms with Crippen LogP contribution in [0.5, 0.6) is 0 Å². The van der Waals surface area contributed by atoms with E-state index in [4.69, 9.17) is 0 Å². The molecule has 0 saturated carbocycles. The number of thiophene rings is 1. The van der Waals surface area contributed by atoms with Gasteiger partial charge in [-0.25, -0.2) is 4.98 Å². The van der Waals surface area contributed by atoms with E-state index in [9.17, 15) is 9.59 Å². The van der Waals surface area contributed by atoms with E-state index < -0.39 is 0 Å². The minimum atomic E-state index is -0.0560. The number of fused-ring (bicyclic) bond motifs is 1. The number of hydrogen-bond donors (Lipinski definition) is 0. The Morgan fingerprint density at radius 1 is 1.36 bits per heavy atom. The fourth-order valence-electron chi connectivity index (χ4n) is 2.47. The van der Waals surface area contributed by atoms with Gasteiger partial charge in [-0.2, -0.15) is 0 Å². The molecule has 5 nitrogen and oxygen atoms in total. The summed E-state index contributed by atoms with van der Waals surface area (Å²) >= 11 is 2.71. The summed E-state index contributed by atoms with van der Waals surface area (Å²) in [5.41, 5.74) is 0.646. The lowest BCUT2D eigenvalue weighted by Crippen LogP contribution is -2.43. The van der Waals surface area contributed by atoms with Crippen molar-refractivity contribution >= 4 is 39.2 Å². The van der Waals surface area contributed by atoms with Crippen LogP contribution in [0, 0.1) is 0 Å². The molecule has 0 radical (unpaired) electrons. The Kier molecular flexibility index (Phi) is 5.28. The smallest absolute Gasteiger partial charge is 0.271 e. The predicted octanol–water partition coefficient (Wildman–Crippen LogP) is 2.73. The number of aromatic nitrogens is 2. The van der Waals surface area contributed by atoms with Gasteiger partial charge in [0.05, 0.1) is 11.3 Å². The summed E-state index contributed by atoms with van der Waals surface area (Å²) in [7, 11) is 1.70. The first-order valence-electron chi connectivity index (χ1n) is 7.21. The number of carbonyl (C=O) groups excluding carboxylic acids is 1. The van der Waals surface area contributed by atoms with Crippen molar-refractivity contribution in [2.24, 2.45) is 7.05 Å². The second-order valence-corrected chi connectivity index (χ2v) is 7.53. The topological polar surface area (TPSA) is 55.2 Å². The van der Waals surface area contributed by atoms with Gasteiger partial charge in [0, 0.05) is 19.1 Å². The van der Waals surface area contributed by atoms with Crippen LogP contribution in [-0.2, 0) is 11.8 Å². The molecule has 0 aliphatic heterocycles. The van der Waals surface area contributed by atoms with Crippen LogP contribution in [0.25, 0.3) is 10.2 Å². The Hall–Kier alpha value is -1.34. The van der Waals surface area contributed by atoms with Crippen LogP contribution < -0.4 is 5.56 Å². The van der Waals surface area contributed by atoms with Gasteiger partial charge < -0.3 is 4.90 Å². The molecule has 0 N–H and O–H groups in total. The molecule has 0 atom stereocenters. The van der Waals surface area contributed by atoms with Crippen LogP contribution in [0.15, 0.2) is 21.4 Å². The highest BCUT2D eigenvalue weighted by molar-refractivity contribution is 7.99. The number of hydrogen-bond acceptors (Lipinski definition) is 5. The quantitative estimate of drug-likeness (QED) is 0.621. The van der Waals surface area contributed by atoms with Gasteiger partial charge in [0.2, 0.25) is 5.91 Å². The number of amides is 1. The lowest BCUT2D eigenvalue weighted by atomic mass is 10.2. The van der Waals surface area contributed by atoms with Gasteiger partial charge in [-0.1, -0.05) is 11.8 Å². The molecule has 2 heterocycles. The van der Waals surface area contributed by atoms with Gasteiger partial charge in [0.1, 0.15) is 4.70 Å². The Labute approximate surface area is 138 Å². The standard InChI is InChI=1S/C15H21N3O2S2/c1-9(2)18(10(3)4)12(19)8-22-15-16-11-6-7-21-13(11)14(20)17(15)5/h6-7,9-10H,8H2,1-5H3. The van der Waals surface area contributed by atoms with Gasteiger partial charge in [-0.3, -0.25) is 14.2 Å². The summed E-state index contributed by atoms with van der Waals surface area (Å²) < 4.78 is 2.18. The monoisotopic (exact) mass is 339 g/mol. The molecular weight excluding hydrogens is 318 g/mol. The average molecular weight is 339 g/mol. The van der Waals surface area contributed by atoms with E-state index in [1.165, 1.54) is 27.7 Å². The highest BCUT2D eigenvalue weighted by Gasteiger charge is 2.21. The van der Waals surface area contributed by atoms with Crippen molar-refractivity contribution in [3.63, 3.8) is 0 Å². The molecule has 1 amide bonds. The van der Waals surface area contributed by atoms with Crippen LogP contribution in [0.4, 0.5) is 0 Å². The third kappa shape index (κ3) is 3.35. The van der Waals surface area contributed by atoms with Crippen LogP contribution in [-0.4, -0.2) is 38.2 Å². The molecule has 2 aromatic heterocycles. The predicted molar refractivity (Wildman–Crippen MR) is 92.7 cm³/mol. The van der Waals surface area contributed by atoms with E-state index in [0.29, 0.717) is 15.4 Å². The molecule has 120 valence electrons. The Balaban J connectivity index is 2.19. The zero-order chi connectivity index (χ0) is 16.4. The number of rotatable bonds is 5. The van der Waals surface area contributed by atoms with Gasteiger partial charge in [-0.15, -0.1) is 11.3 Å². The van der Waals surface area contributed by atoms with Crippen LogP contribution in [0.2, 0.25) is 0 Å². The van der Waals surface area contributed by atoms with Gasteiger partial charge in [-0.05, 0) is 39.1 Å². The van der Waals surface area contributed by atoms with Crippen LogP contribution >= 0.6 is 23.1 Å². The van der Waals surface area contributed by atoms with Crippen molar-refractivity contribution < 1.29 is 4.79 Å².